The van der Waals surface area contributed by atoms with Gasteiger partial charge in [-0.3, -0.25) is 0 Å². The first kappa shape index (κ1) is 12.3. The van der Waals surface area contributed by atoms with E-state index in [-0.39, 0.29) is 11.9 Å². The highest BCUT2D eigenvalue weighted by Crippen LogP contribution is 2.27. The highest BCUT2D eigenvalue weighted by molar-refractivity contribution is 7.15. The van der Waals surface area contributed by atoms with Crippen LogP contribution in [-0.4, -0.2) is 46.7 Å². The average molecular weight is 283 g/mol. The Labute approximate surface area is 112 Å². The van der Waals surface area contributed by atoms with E-state index in [1.165, 1.54) is 15.7 Å². The number of hydrogen-bond acceptors (Lipinski definition) is 7. The number of anilines is 1. The minimum Gasteiger partial charge on any atom is -0.378 e. The first-order chi connectivity index (χ1) is 9.25. The average Bonchev–Trinajstić information content (AvgIpc) is 2.96. The summed E-state index contributed by atoms with van der Waals surface area (Å²) in [6.45, 7) is 2.65. The molecule has 1 saturated heterocycles. The standard InChI is InChI=1S/C10H13N5O3S/c16-15(17)9-8(13-10-14(9)2-4-19-10)12-5-7-6-18-3-1-11-7/h2,4,7,11-12H,1,3,5-6H2. The van der Waals surface area contributed by atoms with E-state index in [0.717, 1.165) is 6.54 Å². The summed E-state index contributed by atoms with van der Waals surface area (Å²) in [4.78, 5) is 15.5. The summed E-state index contributed by atoms with van der Waals surface area (Å²) < 4.78 is 6.82. The van der Waals surface area contributed by atoms with Crippen LogP contribution in [0.3, 0.4) is 0 Å². The highest BCUT2D eigenvalue weighted by Gasteiger charge is 2.24. The molecule has 9 heteroatoms. The van der Waals surface area contributed by atoms with Crippen LogP contribution < -0.4 is 10.6 Å². The Bertz CT molecular complexity index is 589. The second-order valence-corrected chi connectivity index (χ2v) is 5.08. The van der Waals surface area contributed by atoms with Crippen molar-refractivity contribution in [1.29, 1.82) is 0 Å². The first-order valence-electron chi connectivity index (χ1n) is 5.90. The van der Waals surface area contributed by atoms with Gasteiger partial charge in [-0.15, -0.1) is 0 Å². The minimum absolute atomic E-state index is 0.0204. The zero-order valence-corrected chi connectivity index (χ0v) is 10.9. The summed E-state index contributed by atoms with van der Waals surface area (Å²) in [5, 5.41) is 19.2. The summed E-state index contributed by atoms with van der Waals surface area (Å²) in [5.41, 5.74) is 0. The number of hydrogen-bond donors (Lipinski definition) is 2. The highest BCUT2D eigenvalue weighted by atomic mass is 32.1. The predicted octanol–water partition coefficient (Wildman–Crippen LogP) is 0.704. The molecule has 0 saturated carbocycles. The van der Waals surface area contributed by atoms with Gasteiger partial charge in [0.2, 0.25) is 5.82 Å². The monoisotopic (exact) mass is 283 g/mol. The molecule has 0 spiro atoms. The molecular weight excluding hydrogens is 270 g/mol. The molecule has 2 aromatic rings. The van der Waals surface area contributed by atoms with Crippen LogP contribution in [0.25, 0.3) is 4.96 Å². The van der Waals surface area contributed by atoms with Crippen molar-refractivity contribution in [3.8, 4) is 0 Å². The summed E-state index contributed by atoms with van der Waals surface area (Å²) in [5.74, 6) is 0.289. The Kier molecular flexibility index (Phi) is 3.32. The van der Waals surface area contributed by atoms with Crippen LogP contribution in [0.5, 0.6) is 0 Å². The van der Waals surface area contributed by atoms with Crippen molar-refractivity contribution in [2.45, 2.75) is 6.04 Å². The van der Waals surface area contributed by atoms with E-state index in [0.29, 0.717) is 30.5 Å². The number of nitrogens with one attached hydrogen (secondary N) is 2. The summed E-state index contributed by atoms with van der Waals surface area (Å²) in [6.07, 6.45) is 1.65. The van der Waals surface area contributed by atoms with Crippen LogP contribution in [0.4, 0.5) is 11.6 Å². The number of aromatic nitrogens is 2. The normalized spacial score (nSPS) is 19.7. The smallest absolute Gasteiger partial charge is 0.372 e. The molecular formula is C10H13N5O3S. The molecule has 19 heavy (non-hydrogen) atoms. The molecule has 2 N–H and O–H groups in total. The molecule has 2 aromatic heterocycles. The molecule has 1 aliphatic rings. The number of nitro groups is 1. The summed E-state index contributed by atoms with van der Waals surface area (Å²) in [7, 11) is 0. The van der Waals surface area contributed by atoms with Crippen LogP contribution in [0.1, 0.15) is 0 Å². The van der Waals surface area contributed by atoms with Gasteiger partial charge >= 0.3 is 5.82 Å². The largest absolute Gasteiger partial charge is 0.378 e. The molecule has 102 valence electrons. The van der Waals surface area contributed by atoms with Gasteiger partial charge in [-0.2, -0.15) is 9.38 Å². The van der Waals surface area contributed by atoms with Gasteiger partial charge in [0.05, 0.1) is 13.2 Å². The van der Waals surface area contributed by atoms with Gasteiger partial charge < -0.3 is 25.5 Å². The number of rotatable bonds is 4. The van der Waals surface area contributed by atoms with Gasteiger partial charge in [-0.05, 0) is 4.92 Å². The Morgan fingerprint density at radius 1 is 1.74 bits per heavy atom. The van der Waals surface area contributed by atoms with Gasteiger partial charge in [-0.25, -0.2) is 0 Å². The lowest BCUT2D eigenvalue weighted by atomic mass is 10.3. The number of fused-ring (bicyclic) bond motifs is 1. The number of thiazole rings is 1. The van der Waals surface area contributed by atoms with E-state index < -0.39 is 4.92 Å². The topological polar surface area (TPSA) is 93.7 Å². The predicted molar refractivity (Wildman–Crippen MR) is 70.8 cm³/mol. The van der Waals surface area contributed by atoms with Gasteiger partial charge in [0.1, 0.15) is 6.20 Å². The maximum atomic E-state index is 11.1. The lowest BCUT2D eigenvalue weighted by Gasteiger charge is -2.23. The van der Waals surface area contributed by atoms with Crippen LogP contribution >= 0.6 is 11.3 Å². The third kappa shape index (κ3) is 2.39. The fourth-order valence-electron chi connectivity index (χ4n) is 2.04. The van der Waals surface area contributed by atoms with Crippen molar-refractivity contribution < 1.29 is 9.66 Å². The van der Waals surface area contributed by atoms with Gasteiger partial charge in [0.15, 0.2) is 0 Å². The van der Waals surface area contributed by atoms with E-state index in [4.69, 9.17) is 4.74 Å². The molecule has 3 heterocycles. The number of morpholine rings is 1. The quantitative estimate of drug-likeness (QED) is 0.634. The third-order valence-corrected chi connectivity index (χ3v) is 3.68. The maximum Gasteiger partial charge on any atom is 0.372 e. The fraction of sp³-hybridized carbons (Fsp3) is 0.500. The fourth-order valence-corrected chi connectivity index (χ4v) is 2.75. The van der Waals surface area contributed by atoms with Crippen LogP contribution in [-0.2, 0) is 4.74 Å². The van der Waals surface area contributed by atoms with Gasteiger partial charge in [0, 0.05) is 24.5 Å². The Balaban J connectivity index is 1.77. The van der Waals surface area contributed by atoms with Crippen molar-refractivity contribution in [1.82, 2.24) is 14.7 Å². The number of ether oxygens (including phenoxy) is 1. The molecule has 1 aliphatic heterocycles. The molecule has 1 fully saturated rings. The molecule has 0 radical (unpaired) electrons. The molecule has 0 amide bonds. The minimum atomic E-state index is -0.417. The third-order valence-electron chi connectivity index (χ3n) is 2.92. The zero-order valence-electron chi connectivity index (χ0n) is 10.0. The Hall–Kier alpha value is -1.71. The van der Waals surface area contributed by atoms with E-state index >= 15 is 0 Å². The lowest BCUT2D eigenvalue weighted by Crippen LogP contribution is -2.45. The second-order valence-electron chi connectivity index (χ2n) is 4.20. The van der Waals surface area contributed by atoms with Crippen LogP contribution in [0, 0.1) is 10.1 Å². The zero-order chi connectivity index (χ0) is 13.2. The molecule has 0 bridgehead atoms. The summed E-state index contributed by atoms with van der Waals surface area (Å²) in [6, 6.07) is 0.146. The van der Waals surface area contributed by atoms with Crippen LogP contribution in [0.15, 0.2) is 11.6 Å². The van der Waals surface area contributed by atoms with Crippen molar-refractivity contribution in [2.75, 3.05) is 31.6 Å². The van der Waals surface area contributed by atoms with Crippen molar-refractivity contribution in [3.63, 3.8) is 0 Å². The van der Waals surface area contributed by atoms with Crippen molar-refractivity contribution in [2.24, 2.45) is 0 Å². The molecule has 0 aromatic carbocycles. The maximum absolute atomic E-state index is 11.1. The molecule has 8 nitrogen and oxygen atoms in total. The van der Waals surface area contributed by atoms with E-state index in [1.54, 1.807) is 11.6 Å². The van der Waals surface area contributed by atoms with E-state index in [9.17, 15) is 10.1 Å². The first-order valence-corrected chi connectivity index (χ1v) is 6.78. The lowest BCUT2D eigenvalue weighted by molar-refractivity contribution is -0.389. The van der Waals surface area contributed by atoms with Crippen LogP contribution in [0.2, 0.25) is 0 Å². The van der Waals surface area contributed by atoms with E-state index in [1.807, 2.05) is 0 Å². The summed E-state index contributed by atoms with van der Waals surface area (Å²) >= 11 is 1.37. The van der Waals surface area contributed by atoms with Crippen molar-refractivity contribution >= 4 is 27.9 Å². The number of nitrogens with zero attached hydrogens (tertiary/aromatic N) is 3. The molecule has 0 aliphatic carbocycles. The van der Waals surface area contributed by atoms with Crippen molar-refractivity contribution in [3.05, 3.63) is 21.7 Å². The molecule has 1 atom stereocenters. The SMILES string of the molecule is O=[N+]([O-])c1c(NCC2COCCN2)nc2sccn12. The molecule has 1 unspecified atom stereocenters. The Morgan fingerprint density at radius 3 is 3.37 bits per heavy atom. The second kappa shape index (κ2) is 5.11. The van der Waals surface area contributed by atoms with Gasteiger partial charge in [-0.1, -0.05) is 11.3 Å². The van der Waals surface area contributed by atoms with E-state index in [2.05, 4.69) is 15.6 Å². The Morgan fingerprint density at radius 2 is 2.63 bits per heavy atom. The number of imidazole rings is 1. The van der Waals surface area contributed by atoms with Gasteiger partial charge in [0.25, 0.3) is 4.96 Å². The molecule has 3 rings (SSSR count).